The highest BCUT2D eigenvalue weighted by Gasteiger charge is 2.19. The second kappa shape index (κ2) is 5.67. The molecule has 0 aromatic carbocycles. The van der Waals surface area contributed by atoms with Gasteiger partial charge in [-0.25, -0.2) is 0 Å². The van der Waals surface area contributed by atoms with Crippen molar-refractivity contribution in [3.05, 3.63) is 4.88 Å². The van der Waals surface area contributed by atoms with E-state index in [1.54, 1.807) is 23.5 Å². The van der Waals surface area contributed by atoms with Gasteiger partial charge in [-0.05, 0) is 19.4 Å². The number of thioether (sulfide) groups is 2. The third kappa shape index (κ3) is 2.62. The van der Waals surface area contributed by atoms with Gasteiger partial charge in [-0.3, -0.25) is 4.79 Å². The maximum atomic E-state index is 11.7. The average Bonchev–Trinajstić information content (AvgIpc) is 2.55. The van der Waals surface area contributed by atoms with E-state index in [0.29, 0.717) is 17.1 Å². The summed E-state index contributed by atoms with van der Waals surface area (Å²) in [6.45, 7) is 2.52. The summed E-state index contributed by atoms with van der Waals surface area (Å²) in [4.78, 5) is 13.3. The van der Waals surface area contributed by atoms with Crippen molar-refractivity contribution >= 4 is 46.5 Å². The van der Waals surface area contributed by atoms with E-state index in [4.69, 9.17) is 5.73 Å². The lowest BCUT2D eigenvalue weighted by Gasteiger charge is -2.00. The number of thiophene rings is 1. The standard InChI is InChI=1S/C9H14N2OS3/c1-4-11-8(12)6-5(10)7(13-2)9(14-3)15-6/h4,10H2,1-3H3,(H,11,12). The number of amides is 1. The van der Waals surface area contributed by atoms with Gasteiger partial charge in [-0.1, -0.05) is 0 Å². The Hall–Kier alpha value is -0.330. The number of nitrogens with two attached hydrogens (primary N) is 1. The van der Waals surface area contributed by atoms with Crippen LogP contribution in [0.5, 0.6) is 0 Å². The summed E-state index contributed by atoms with van der Waals surface area (Å²) in [5, 5.41) is 2.76. The molecule has 1 aromatic heterocycles. The van der Waals surface area contributed by atoms with Gasteiger partial charge in [-0.15, -0.1) is 34.9 Å². The first-order valence-electron chi connectivity index (χ1n) is 4.44. The fourth-order valence-corrected chi connectivity index (χ4v) is 4.22. The van der Waals surface area contributed by atoms with Crippen LogP contribution in [0.1, 0.15) is 16.6 Å². The van der Waals surface area contributed by atoms with Crippen LogP contribution in [0.3, 0.4) is 0 Å². The van der Waals surface area contributed by atoms with Crippen LogP contribution in [0.4, 0.5) is 5.69 Å². The van der Waals surface area contributed by atoms with Crippen LogP contribution in [-0.2, 0) is 0 Å². The third-order valence-corrected chi connectivity index (χ3v) is 5.22. The molecule has 0 aliphatic heterocycles. The van der Waals surface area contributed by atoms with Gasteiger partial charge < -0.3 is 11.1 Å². The predicted molar refractivity (Wildman–Crippen MR) is 70.3 cm³/mol. The first-order chi connectivity index (χ1) is 7.15. The van der Waals surface area contributed by atoms with E-state index in [2.05, 4.69) is 5.32 Å². The first-order valence-corrected chi connectivity index (χ1v) is 7.70. The highest BCUT2D eigenvalue weighted by atomic mass is 32.2. The molecule has 0 bridgehead atoms. The number of hydrogen-bond donors (Lipinski definition) is 2. The van der Waals surface area contributed by atoms with E-state index < -0.39 is 0 Å². The van der Waals surface area contributed by atoms with E-state index in [0.717, 1.165) is 9.10 Å². The molecule has 84 valence electrons. The van der Waals surface area contributed by atoms with Gasteiger partial charge in [0.25, 0.3) is 5.91 Å². The van der Waals surface area contributed by atoms with Crippen molar-refractivity contribution in [2.75, 3.05) is 24.8 Å². The van der Waals surface area contributed by atoms with Gasteiger partial charge in [0, 0.05) is 6.54 Å². The Kier molecular flexibility index (Phi) is 4.82. The highest BCUT2D eigenvalue weighted by molar-refractivity contribution is 8.03. The minimum atomic E-state index is -0.0735. The Morgan fingerprint density at radius 3 is 2.53 bits per heavy atom. The lowest BCUT2D eigenvalue weighted by molar-refractivity contribution is 0.0960. The molecule has 6 heteroatoms. The largest absolute Gasteiger partial charge is 0.396 e. The van der Waals surface area contributed by atoms with Crippen LogP contribution in [0.25, 0.3) is 0 Å². The monoisotopic (exact) mass is 262 g/mol. The quantitative estimate of drug-likeness (QED) is 0.819. The average molecular weight is 262 g/mol. The van der Waals surface area contributed by atoms with E-state index in [1.807, 2.05) is 19.4 Å². The minimum absolute atomic E-state index is 0.0735. The molecule has 0 atom stereocenters. The van der Waals surface area contributed by atoms with Crippen LogP contribution >= 0.6 is 34.9 Å². The third-order valence-electron chi connectivity index (χ3n) is 1.80. The summed E-state index contributed by atoms with van der Waals surface area (Å²) in [6.07, 6.45) is 3.96. The molecule has 0 fully saturated rings. The van der Waals surface area contributed by atoms with Crippen molar-refractivity contribution in [2.24, 2.45) is 0 Å². The summed E-state index contributed by atoms with van der Waals surface area (Å²) >= 11 is 4.68. The number of carbonyl (C=O) groups is 1. The zero-order valence-corrected chi connectivity index (χ0v) is 11.4. The molecule has 0 radical (unpaired) electrons. The molecule has 0 saturated heterocycles. The zero-order valence-electron chi connectivity index (χ0n) is 8.92. The molecule has 3 nitrogen and oxygen atoms in total. The number of anilines is 1. The molecule has 1 aromatic rings. The Balaban J connectivity index is 3.09. The van der Waals surface area contributed by atoms with E-state index in [1.165, 1.54) is 11.3 Å². The lowest BCUT2D eigenvalue weighted by Crippen LogP contribution is -2.22. The molecular formula is C9H14N2OS3. The molecule has 15 heavy (non-hydrogen) atoms. The van der Waals surface area contributed by atoms with E-state index >= 15 is 0 Å². The van der Waals surface area contributed by atoms with Gasteiger partial charge in [0.2, 0.25) is 0 Å². The minimum Gasteiger partial charge on any atom is -0.396 e. The van der Waals surface area contributed by atoms with E-state index in [-0.39, 0.29) is 5.91 Å². The highest BCUT2D eigenvalue weighted by Crippen LogP contribution is 2.42. The van der Waals surface area contributed by atoms with Gasteiger partial charge in [-0.2, -0.15) is 0 Å². The SMILES string of the molecule is CCNC(=O)c1sc(SC)c(SC)c1N. The molecule has 0 aliphatic carbocycles. The Morgan fingerprint density at radius 2 is 2.13 bits per heavy atom. The normalized spacial score (nSPS) is 10.3. The molecule has 0 aliphatic rings. The maximum Gasteiger partial charge on any atom is 0.263 e. The second-order valence-corrected chi connectivity index (χ2v) is 5.64. The fourth-order valence-electron chi connectivity index (χ4n) is 1.14. The lowest BCUT2D eigenvalue weighted by atomic mass is 10.4. The fraction of sp³-hybridized carbons (Fsp3) is 0.444. The smallest absolute Gasteiger partial charge is 0.263 e. The van der Waals surface area contributed by atoms with E-state index in [9.17, 15) is 4.79 Å². The Bertz CT molecular complexity index is 362. The number of rotatable bonds is 4. The van der Waals surface area contributed by atoms with Crippen molar-refractivity contribution in [2.45, 2.75) is 16.0 Å². The van der Waals surface area contributed by atoms with Crippen molar-refractivity contribution in [1.29, 1.82) is 0 Å². The van der Waals surface area contributed by atoms with Crippen LogP contribution in [0.2, 0.25) is 0 Å². The van der Waals surface area contributed by atoms with Gasteiger partial charge in [0.05, 0.1) is 14.8 Å². The summed E-state index contributed by atoms with van der Waals surface area (Å²) in [5.41, 5.74) is 6.55. The van der Waals surface area contributed by atoms with Crippen molar-refractivity contribution in [1.82, 2.24) is 5.32 Å². The molecule has 3 N–H and O–H groups in total. The van der Waals surface area contributed by atoms with Gasteiger partial charge in [0.15, 0.2) is 0 Å². The molecule has 0 saturated carbocycles. The first kappa shape index (κ1) is 12.7. The number of hydrogen-bond acceptors (Lipinski definition) is 5. The van der Waals surface area contributed by atoms with Crippen molar-refractivity contribution in [3.8, 4) is 0 Å². The van der Waals surface area contributed by atoms with Crippen LogP contribution in [0, 0.1) is 0 Å². The molecule has 0 unspecified atom stereocenters. The molecule has 0 spiro atoms. The van der Waals surface area contributed by atoms with Gasteiger partial charge >= 0.3 is 0 Å². The zero-order chi connectivity index (χ0) is 11.4. The van der Waals surface area contributed by atoms with Crippen molar-refractivity contribution in [3.63, 3.8) is 0 Å². The van der Waals surface area contributed by atoms with Crippen LogP contribution in [0.15, 0.2) is 9.10 Å². The summed E-state index contributed by atoms with van der Waals surface area (Å²) < 4.78 is 1.11. The second-order valence-electron chi connectivity index (χ2n) is 2.73. The summed E-state index contributed by atoms with van der Waals surface area (Å²) in [6, 6.07) is 0. The number of carbonyl (C=O) groups excluding carboxylic acids is 1. The molecular weight excluding hydrogens is 248 g/mol. The summed E-state index contributed by atoms with van der Waals surface area (Å²) in [5.74, 6) is -0.0735. The topological polar surface area (TPSA) is 55.1 Å². The summed E-state index contributed by atoms with van der Waals surface area (Å²) in [7, 11) is 0. The maximum absolute atomic E-state index is 11.7. The van der Waals surface area contributed by atoms with Crippen LogP contribution in [-0.4, -0.2) is 25.0 Å². The van der Waals surface area contributed by atoms with Crippen LogP contribution < -0.4 is 11.1 Å². The molecule has 1 rings (SSSR count). The Labute approximate surface area is 102 Å². The predicted octanol–water partition coefficient (Wildman–Crippen LogP) is 2.52. The number of nitrogen functional groups attached to an aromatic ring is 1. The number of nitrogens with one attached hydrogen (secondary N) is 1. The van der Waals surface area contributed by atoms with Crippen molar-refractivity contribution < 1.29 is 4.79 Å². The Morgan fingerprint density at radius 1 is 1.47 bits per heavy atom. The molecule has 1 heterocycles. The van der Waals surface area contributed by atoms with Gasteiger partial charge in [0.1, 0.15) is 4.88 Å². The molecule has 1 amide bonds.